The molecule has 0 bridgehead atoms. The summed E-state index contributed by atoms with van der Waals surface area (Å²) in [7, 11) is 0. The van der Waals surface area contributed by atoms with E-state index in [4.69, 9.17) is 4.74 Å². The van der Waals surface area contributed by atoms with Gasteiger partial charge in [0.1, 0.15) is 0 Å². The number of carbonyl (C=O) groups is 2. The van der Waals surface area contributed by atoms with E-state index >= 15 is 0 Å². The molecule has 1 atom stereocenters. The van der Waals surface area contributed by atoms with Gasteiger partial charge in [-0.2, -0.15) is 0 Å². The van der Waals surface area contributed by atoms with Crippen LogP contribution in [0.15, 0.2) is 24.3 Å². The molecule has 1 aliphatic heterocycles. The zero-order chi connectivity index (χ0) is 13.9. The highest BCUT2D eigenvalue weighted by atomic mass is 16.6. The smallest absolute Gasteiger partial charge is 0.339 e. The summed E-state index contributed by atoms with van der Waals surface area (Å²) < 4.78 is 5.34. The maximum absolute atomic E-state index is 12.2. The number of amides is 1. The molecule has 0 aliphatic carbocycles. The third-order valence-corrected chi connectivity index (χ3v) is 3.38. The van der Waals surface area contributed by atoms with Gasteiger partial charge in [-0.05, 0) is 25.0 Å². The van der Waals surface area contributed by atoms with E-state index in [1.807, 2.05) is 12.1 Å². The zero-order valence-electron chi connectivity index (χ0n) is 11.4. The van der Waals surface area contributed by atoms with Gasteiger partial charge >= 0.3 is 5.97 Å². The van der Waals surface area contributed by atoms with Gasteiger partial charge in [-0.1, -0.05) is 31.5 Å². The standard InChI is InChI=1S/C15H19NO3/c1-3-4-9-16-14(18)15(2)10-11-7-5-6-8-12(11)13(17)19-15/h5-8H,3-4,9-10H2,1-2H3,(H,16,18). The number of unbranched alkanes of at least 4 members (excludes halogenated alkanes) is 1. The second-order valence-electron chi connectivity index (χ2n) is 5.06. The first kappa shape index (κ1) is 13.6. The first-order valence-corrected chi connectivity index (χ1v) is 6.66. The van der Waals surface area contributed by atoms with Crippen LogP contribution in [0.3, 0.4) is 0 Å². The number of nitrogens with one attached hydrogen (secondary N) is 1. The van der Waals surface area contributed by atoms with Crippen LogP contribution in [0.1, 0.15) is 42.6 Å². The van der Waals surface area contributed by atoms with Crippen molar-refractivity contribution in [1.29, 1.82) is 0 Å². The molecular formula is C15H19NO3. The van der Waals surface area contributed by atoms with Crippen LogP contribution >= 0.6 is 0 Å². The molecule has 1 N–H and O–H groups in total. The minimum Gasteiger partial charge on any atom is -0.445 e. The van der Waals surface area contributed by atoms with Crippen molar-refractivity contribution in [2.24, 2.45) is 0 Å². The summed E-state index contributed by atoms with van der Waals surface area (Å²) in [5.41, 5.74) is 0.326. The highest BCUT2D eigenvalue weighted by Gasteiger charge is 2.42. The van der Waals surface area contributed by atoms with E-state index in [9.17, 15) is 9.59 Å². The molecule has 0 spiro atoms. The number of fused-ring (bicyclic) bond motifs is 1. The Morgan fingerprint density at radius 2 is 2.16 bits per heavy atom. The van der Waals surface area contributed by atoms with Crippen molar-refractivity contribution < 1.29 is 14.3 Å². The first-order chi connectivity index (χ1) is 9.07. The Kier molecular flexibility index (Phi) is 3.88. The number of carbonyl (C=O) groups excluding carboxylic acids is 2. The van der Waals surface area contributed by atoms with Crippen LogP contribution in [-0.4, -0.2) is 24.0 Å². The van der Waals surface area contributed by atoms with Crippen LogP contribution in [0.2, 0.25) is 0 Å². The fraction of sp³-hybridized carbons (Fsp3) is 0.467. The second kappa shape index (κ2) is 5.43. The number of cyclic esters (lactones) is 1. The van der Waals surface area contributed by atoms with Crippen molar-refractivity contribution >= 4 is 11.9 Å². The Hall–Kier alpha value is -1.84. The summed E-state index contributed by atoms with van der Waals surface area (Å²) in [5, 5.41) is 2.83. The third-order valence-electron chi connectivity index (χ3n) is 3.38. The monoisotopic (exact) mass is 261 g/mol. The number of benzene rings is 1. The Morgan fingerprint density at radius 1 is 1.42 bits per heavy atom. The quantitative estimate of drug-likeness (QED) is 0.667. The number of hydrogen-bond acceptors (Lipinski definition) is 3. The molecule has 1 aliphatic rings. The second-order valence-corrected chi connectivity index (χ2v) is 5.06. The fourth-order valence-electron chi connectivity index (χ4n) is 2.22. The third kappa shape index (κ3) is 2.78. The lowest BCUT2D eigenvalue weighted by Gasteiger charge is -2.33. The van der Waals surface area contributed by atoms with Crippen molar-refractivity contribution in [3.63, 3.8) is 0 Å². The summed E-state index contributed by atoms with van der Waals surface area (Å²) in [4.78, 5) is 24.1. The molecule has 0 saturated heterocycles. The van der Waals surface area contributed by atoms with Crippen LogP contribution in [0.5, 0.6) is 0 Å². The number of esters is 1. The van der Waals surface area contributed by atoms with Gasteiger partial charge in [0.15, 0.2) is 5.60 Å². The van der Waals surface area contributed by atoms with Gasteiger partial charge < -0.3 is 10.1 Å². The Labute approximate surface area is 113 Å². The van der Waals surface area contributed by atoms with Crippen molar-refractivity contribution in [3.05, 3.63) is 35.4 Å². The maximum atomic E-state index is 12.2. The maximum Gasteiger partial charge on any atom is 0.339 e. The van der Waals surface area contributed by atoms with Crippen LogP contribution < -0.4 is 5.32 Å². The molecule has 1 amide bonds. The van der Waals surface area contributed by atoms with E-state index in [0.29, 0.717) is 18.5 Å². The van der Waals surface area contributed by atoms with Crippen LogP contribution in [0.4, 0.5) is 0 Å². The topological polar surface area (TPSA) is 55.4 Å². The summed E-state index contributed by atoms with van der Waals surface area (Å²) >= 11 is 0. The first-order valence-electron chi connectivity index (χ1n) is 6.66. The van der Waals surface area contributed by atoms with Crippen molar-refractivity contribution in [3.8, 4) is 0 Å². The predicted octanol–water partition coefficient (Wildman–Crippen LogP) is 2.07. The predicted molar refractivity (Wildman–Crippen MR) is 71.9 cm³/mol. The van der Waals surface area contributed by atoms with Gasteiger partial charge in [0.2, 0.25) is 0 Å². The van der Waals surface area contributed by atoms with Crippen LogP contribution in [0.25, 0.3) is 0 Å². The van der Waals surface area contributed by atoms with E-state index in [0.717, 1.165) is 18.4 Å². The molecular weight excluding hydrogens is 242 g/mol. The molecule has 1 heterocycles. The largest absolute Gasteiger partial charge is 0.445 e. The van der Waals surface area contributed by atoms with Gasteiger partial charge in [0.25, 0.3) is 5.91 Å². The molecule has 0 saturated carbocycles. The van der Waals surface area contributed by atoms with Gasteiger partial charge in [0.05, 0.1) is 5.56 Å². The Bertz CT molecular complexity index is 498. The van der Waals surface area contributed by atoms with Crippen LogP contribution in [0, 0.1) is 0 Å². The Morgan fingerprint density at radius 3 is 2.89 bits per heavy atom. The molecule has 4 nitrogen and oxygen atoms in total. The van der Waals surface area contributed by atoms with Gasteiger partial charge in [-0.15, -0.1) is 0 Å². The number of rotatable bonds is 4. The minimum absolute atomic E-state index is 0.219. The van der Waals surface area contributed by atoms with Crippen molar-refractivity contribution in [2.45, 2.75) is 38.7 Å². The molecule has 0 radical (unpaired) electrons. The number of ether oxygens (including phenoxy) is 1. The average Bonchev–Trinajstić information content (AvgIpc) is 2.38. The zero-order valence-corrected chi connectivity index (χ0v) is 11.4. The lowest BCUT2D eigenvalue weighted by molar-refractivity contribution is -0.139. The van der Waals surface area contributed by atoms with E-state index in [1.54, 1.807) is 19.1 Å². The Balaban J connectivity index is 2.14. The molecule has 0 fully saturated rings. The van der Waals surface area contributed by atoms with Crippen molar-refractivity contribution in [2.75, 3.05) is 6.54 Å². The van der Waals surface area contributed by atoms with E-state index < -0.39 is 11.6 Å². The highest BCUT2D eigenvalue weighted by molar-refractivity contribution is 5.97. The molecule has 2 rings (SSSR count). The summed E-state index contributed by atoms with van der Waals surface area (Å²) in [6.45, 7) is 4.34. The normalized spacial score (nSPS) is 21.5. The van der Waals surface area contributed by atoms with Gasteiger partial charge in [-0.3, -0.25) is 4.79 Å². The summed E-state index contributed by atoms with van der Waals surface area (Å²) in [6.07, 6.45) is 2.36. The molecule has 1 unspecified atom stereocenters. The van der Waals surface area contributed by atoms with Crippen LogP contribution in [-0.2, 0) is 16.0 Å². The average molecular weight is 261 g/mol. The van der Waals surface area contributed by atoms with E-state index in [1.165, 1.54) is 0 Å². The highest BCUT2D eigenvalue weighted by Crippen LogP contribution is 2.28. The van der Waals surface area contributed by atoms with E-state index in [2.05, 4.69) is 12.2 Å². The minimum atomic E-state index is -1.10. The van der Waals surface area contributed by atoms with Gasteiger partial charge in [-0.25, -0.2) is 4.79 Å². The fourth-order valence-corrected chi connectivity index (χ4v) is 2.22. The van der Waals surface area contributed by atoms with Gasteiger partial charge in [0, 0.05) is 13.0 Å². The SMILES string of the molecule is CCCCNC(=O)C1(C)Cc2ccccc2C(=O)O1. The van der Waals surface area contributed by atoms with Crippen molar-refractivity contribution in [1.82, 2.24) is 5.32 Å². The molecule has 4 heteroatoms. The molecule has 1 aromatic rings. The summed E-state index contributed by atoms with van der Waals surface area (Å²) in [6, 6.07) is 7.26. The lowest BCUT2D eigenvalue weighted by atomic mass is 9.89. The lowest BCUT2D eigenvalue weighted by Crippen LogP contribution is -2.51. The molecule has 102 valence electrons. The molecule has 19 heavy (non-hydrogen) atoms. The molecule has 0 aromatic heterocycles. The molecule has 1 aromatic carbocycles. The van der Waals surface area contributed by atoms with E-state index in [-0.39, 0.29) is 5.91 Å². The number of hydrogen-bond donors (Lipinski definition) is 1. The summed E-state index contributed by atoms with van der Waals surface area (Å²) in [5.74, 6) is -0.640.